The average Bonchev–Trinajstić information content (AvgIpc) is 3.12. The van der Waals surface area contributed by atoms with Crippen molar-refractivity contribution in [2.45, 2.75) is 57.9 Å². The molecule has 0 heterocycles. The molecule has 0 saturated heterocycles. The smallest absolute Gasteiger partial charge is 0.307 e. The quantitative estimate of drug-likeness (QED) is 0.766. The molecule has 0 aromatic heterocycles. The van der Waals surface area contributed by atoms with Crippen LogP contribution in [0.5, 0.6) is 0 Å². The van der Waals surface area contributed by atoms with Crippen molar-refractivity contribution in [1.29, 1.82) is 0 Å². The molecule has 4 nitrogen and oxygen atoms in total. The van der Waals surface area contributed by atoms with E-state index in [0.29, 0.717) is 18.9 Å². The average molecular weight is 293 g/mol. The number of rotatable bonds is 6. The number of carboxylic acids is 1. The van der Waals surface area contributed by atoms with Gasteiger partial charge in [-0.05, 0) is 31.6 Å². The van der Waals surface area contributed by atoms with Crippen LogP contribution in [-0.2, 0) is 9.59 Å². The van der Waals surface area contributed by atoms with Crippen LogP contribution in [0.2, 0.25) is 0 Å². The molecule has 0 bridgehead atoms. The molecular weight excluding hydrogens is 266 g/mol. The number of carbonyl (C=O) groups is 2. The second-order valence-electron chi connectivity index (χ2n) is 6.51. The third kappa shape index (κ3) is 3.47. The Labute approximate surface area is 127 Å². The van der Waals surface area contributed by atoms with Crippen LogP contribution < -0.4 is 0 Å². The maximum absolute atomic E-state index is 12.9. The fraction of sp³-hybridized carbons (Fsp3) is 0.765. The summed E-state index contributed by atoms with van der Waals surface area (Å²) >= 11 is 0. The summed E-state index contributed by atoms with van der Waals surface area (Å²) in [5.74, 6) is -1.24. The molecule has 2 aliphatic rings. The Morgan fingerprint density at radius 2 is 1.86 bits per heavy atom. The SMILES string of the molecule is C=CCN(C(=O)C1CC(CC)CC1C(=O)O)C1CCCC1. The van der Waals surface area contributed by atoms with E-state index in [1.807, 2.05) is 4.90 Å². The highest BCUT2D eigenvalue weighted by Crippen LogP contribution is 2.40. The fourth-order valence-electron chi connectivity index (χ4n) is 4.01. The van der Waals surface area contributed by atoms with Gasteiger partial charge < -0.3 is 10.0 Å². The molecule has 3 atom stereocenters. The van der Waals surface area contributed by atoms with E-state index in [9.17, 15) is 14.7 Å². The Morgan fingerprint density at radius 3 is 2.38 bits per heavy atom. The van der Waals surface area contributed by atoms with Crippen molar-refractivity contribution >= 4 is 11.9 Å². The number of nitrogens with zero attached hydrogens (tertiary/aromatic N) is 1. The van der Waals surface area contributed by atoms with Crippen molar-refractivity contribution in [3.8, 4) is 0 Å². The van der Waals surface area contributed by atoms with Crippen molar-refractivity contribution in [1.82, 2.24) is 4.90 Å². The number of carboxylic acid groups (broad SMARTS) is 1. The minimum atomic E-state index is -0.811. The summed E-state index contributed by atoms with van der Waals surface area (Å²) in [6.07, 6.45) is 8.51. The van der Waals surface area contributed by atoms with E-state index in [1.165, 1.54) is 0 Å². The molecular formula is C17H27NO3. The van der Waals surface area contributed by atoms with Gasteiger partial charge in [-0.2, -0.15) is 0 Å². The van der Waals surface area contributed by atoms with Gasteiger partial charge in [-0.15, -0.1) is 6.58 Å². The summed E-state index contributed by atoms with van der Waals surface area (Å²) in [5, 5.41) is 9.43. The normalized spacial score (nSPS) is 29.5. The number of amides is 1. The molecule has 1 amide bonds. The Balaban J connectivity index is 2.13. The predicted octanol–water partition coefficient (Wildman–Crippen LogP) is 3.08. The standard InChI is InChI=1S/C17H27NO3/c1-3-9-18(13-7-5-6-8-13)16(19)14-10-12(4-2)11-15(14)17(20)21/h3,12-15H,1,4-11H2,2H3,(H,20,21). The molecule has 0 spiro atoms. The molecule has 1 N–H and O–H groups in total. The molecule has 118 valence electrons. The molecule has 2 rings (SSSR count). The first-order valence-electron chi connectivity index (χ1n) is 8.22. The van der Waals surface area contributed by atoms with Crippen LogP contribution in [0.1, 0.15) is 51.9 Å². The van der Waals surface area contributed by atoms with Crippen LogP contribution >= 0.6 is 0 Å². The lowest BCUT2D eigenvalue weighted by Crippen LogP contribution is -2.44. The highest BCUT2D eigenvalue weighted by molar-refractivity contribution is 5.85. The molecule has 0 aromatic carbocycles. The van der Waals surface area contributed by atoms with Gasteiger partial charge in [0.15, 0.2) is 0 Å². The molecule has 0 aromatic rings. The second kappa shape index (κ2) is 7.10. The number of aliphatic carboxylic acids is 1. The first kappa shape index (κ1) is 16.1. The lowest BCUT2D eigenvalue weighted by atomic mass is 9.94. The molecule has 4 heteroatoms. The molecule has 2 saturated carbocycles. The minimum Gasteiger partial charge on any atom is -0.481 e. The monoisotopic (exact) mass is 293 g/mol. The largest absolute Gasteiger partial charge is 0.481 e. The highest BCUT2D eigenvalue weighted by Gasteiger charge is 2.44. The van der Waals surface area contributed by atoms with Gasteiger partial charge in [0.25, 0.3) is 0 Å². The van der Waals surface area contributed by atoms with Crippen LogP contribution in [0.3, 0.4) is 0 Å². The third-order valence-corrected chi connectivity index (χ3v) is 5.25. The minimum absolute atomic E-state index is 0.0464. The maximum Gasteiger partial charge on any atom is 0.307 e. The van der Waals surface area contributed by atoms with Gasteiger partial charge in [0.05, 0.1) is 11.8 Å². The van der Waals surface area contributed by atoms with Gasteiger partial charge in [0.1, 0.15) is 0 Å². The van der Waals surface area contributed by atoms with Gasteiger partial charge in [-0.1, -0.05) is 32.3 Å². The number of hydrogen-bond acceptors (Lipinski definition) is 2. The van der Waals surface area contributed by atoms with Crippen molar-refractivity contribution in [2.24, 2.45) is 17.8 Å². The topological polar surface area (TPSA) is 57.6 Å². The summed E-state index contributed by atoms with van der Waals surface area (Å²) in [7, 11) is 0. The first-order valence-corrected chi connectivity index (χ1v) is 8.22. The molecule has 0 aliphatic heterocycles. The molecule has 21 heavy (non-hydrogen) atoms. The number of carbonyl (C=O) groups excluding carboxylic acids is 1. The van der Waals surface area contributed by atoms with E-state index in [-0.39, 0.29) is 17.9 Å². The predicted molar refractivity (Wildman–Crippen MR) is 81.8 cm³/mol. The van der Waals surface area contributed by atoms with Crippen molar-refractivity contribution in [3.63, 3.8) is 0 Å². The van der Waals surface area contributed by atoms with Crippen LogP contribution in [0, 0.1) is 17.8 Å². The van der Waals surface area contributed by atoms with Crippen molar-refractivity contribution in [2.75, 3.05) is 6.54 Å². The van der Waals surface area contributed by atoms with Crippen molar-refractivity contribution in [3.05, 3.63) is 12.7 Å². The molecule has 2 fully saturated rings. The van der Waals surface area contributed by atoms with E-state index in [4.69, 9.17) is 0 Å². The van der Waals surface area contributed by atoms with Crippen molar-refractivity contribution < 1.29 is 14.7 Å². The zero-order valence-corrected chi connectivity index (χ0v) is 13.0. The van der Waals surface area contributed by atoms with Crippen LogP contribution in [0.25, 0.3) is 0 Å². The van der Waals surface area contributed by atoms with Gasteiger partial charge in [-0.3, -0.25) is 9.59 Å². The third-order valence-electron chi connectivity index (χ3n) is 5.25. The molecule has 3 unspecified atom stereocenters. The summed E-state index contributed by atoms with van der Waals surface area (Å²) in [5.41, 5.74) is 0. The van der Waals surface area contributed by atoms with Gasteiger partial charge in [0.2, 0.25) is 5.91 Å². The lowest BCUT2D eigenvalue weighted by Gasteiger charge is -2.31. The van der Waals surface area contributed by atoms with E-state index < -0.39 is 11.9 Å². The Kier molecular flexibility index (Phi) is 5.43. The lowest BCUT2D eigenvalue weighted by molar-refractivity contribution is -0.149. The van der Waals surface area contributed by atoms with E-state index in [1.54, 1.807) is 6.08 Å². The summed E-state index contributed by atoms with van der Waals surface area (Å²) < 4.78 is 0. The first-order chi connectivity index (χ1) is 10.1. The van der Waals surface area contributed by atoms with Gasteiger partial charge in [-0.25, -0.2) is 0 Å². The highest BCUT2D eigenvalue weighted by atomic mass is 16.4. The summed E-state index contributed by atoms with van der Waals surface area (Å²) in [6.45, 7) is 6.38. The zero-order chi connectivity index (χ0) is 15.4. The molecule has 2 aliphatic carbocycles. The summed E-state index contributed by atoms with van der Waals surface area (Å²) in [6, 6.07) is 0.283. The van der Waals surface area contributed by atoms with E-state index in [0.717, 1.165) is 38.5 Å². The van der Waals surface area contributed by atoms with E-state index in [2.05, 4.69) is 13.5 Å². The fourth-order valence-corrected chi connectivity index (χ4v) is 4.01. The maximum atomic E-state index is 12.9. The Bertz CT molecular complexity index is 401. The number of hydrogen-bond donors (Lipinski definition) is 1. The Hall–Kier alpha value is -1.32. The van der Waals surface area contributed by atoms with Gasteiger partial charge in [0, 0.05) is 12.6 Å². The zero-order valence-electron chi connectivity index (χ0n) is 13.0. The van der Waals surface area contributed by atoms with Crippen LogP contribution in [-0.4, -0.2) is 34.5 Å². The summed E-state index contributed by atoms with van der Waals surface area (Å²) in [4.78, 5) is 26.3. The Morgan fingerprint density at radius 1 is 1.24 bits per heavy atom. The van der Waals surface area contributed by atoms with E-state index >= 15 is 0 Å². The van der Waals surface area contributed by atoms with Gasteiger partial charge >= 0.3 is 5.97 Å². The molecule has 0 radical (unpaired) electrons. The second-order valence-corrected chi connectivity index (χ2v) is 6.51. The van der Waals surface area contributed by atoms with Crippen LogP contribution in [0.15, 0.2) is 12.7 Å². The van der Waals surface area contributed by atoms with Crippen LogP contribution in [0.4, 0.5) is 0 Å².